The minimum Gasteiger partial charge on any atom is -0.372 e. The Labute approximate surface area is 103 Å². The molecule has 1 rings (SSSR count). The molecule has 0 aliphatic heterocycles. The number of ether oxygens (including phenoxy) is 1. The zero-order valence-electron chi connectivity index (χ0n) is 10.4. The Morgan fingerprint density at radius 1 is 1.35 bits per heavy atom. The number of nitrogens with two attached hydrogens (primary N) is 1. The molecule has 0 amide bonds. The summed E-state index contributed by atoms with van der Waals surface area (Å²) in [5.41, 5.74) is 3.91. The van der Waals surface area contributed by atoms with E-state index in [1.807, 2.05) is 44.2 Å². The SMILES string of the molecule is CC#CCC(NN)C(OCC)c1ccccc1. The van der Waals surface area contributed by atoms with Gasteiger partial charge in [-0.1, -0.05) is 30.3 Å². The fraction of sp³-hybridized carbons (Fsp3) is 0.429. The molecule has 2 unspecified atom stereocenters. The molecule has 0 aliphatic carbocycles. The minimum absolute atomic E-state index is 0.00444. The Morgan fingerprint density at radius 2 is 2.06 bits per heavy atom. The lowest BCUT2D eigenvalue weighted by molar-refractivity contribution is 0.0344. The van der Waals surface area contributed by atoms with Crippen molar-refractivity contribution in [2.24, 2.45) is 5.84 Å². The number of hydrazine groups is 1. The maximum atomic E-state index is 5.77. The van der Waals surface area contributed by atoms with Crippen LogP contribution in [0.25, 0.3) is 0 Å². The summed E-state index contributed by atoms with van der Waals surface area (Å²) in [6.45, 7) is 4.46. The van der Waals surface area contributed by atoms with E-state index in [-0.39, 0.29) is 12.1 Å². The second-order valence-corrected chi connectivity index (χ2v) is 3.69. The molecule has 1 aromatic rings. The highest BCUT2D eigenvalue weighted by Crippen LogP contribution is 2.22. The van der Waals surface area contributed by atoms with Crippen molar-refractivity contribution in [3.05, 3.63) is 35.9 Å². The molecule has 0 radical (unpaired) electrons. The van der Waals surface area contributed by atoms with E-state index < -0.39 is 0 Å². The van der Waals surface area contributed by atoms with Gasteiger partial charge in [0.1, 0.15) is 0 Å². The van der Waals surface area contributed by atoms with E-state index in [0.717, 1.165) is 5.56 Å². The average molecular weight is 232 g/mol. The van der Waals surface area contributed by atoms with Gasteiger partial charge in [-0.15, -0.1) is 11.8 Å². The molecule has 3 N–H and O–H groups in total. The van der Waals surface area contributed by atoms with E-state index in [4.69, 9.17) is 10.6 Å². The van der Waals surface area contributed by atoms with E-state index >= 15 is 0 Å². The van der Waals surface area contributed by atoms with Crippen molar-refractivity contribution in [1.29, 1.82) is 0 Å². The maximum Gasteiger partial charge on any atom is 0.1000 e. The standard InChI is InChI=1S/C14H20N2O/c1-3-5-11-13(16-15)14(17-4-2)12-9-7-6-8-10-12/h6-10,13-14,16H,4,11,15H2,1-2H3. The summed E-state index contributed by atoms with van der Waals surface area (Å²) in [6.07, 6.45) is 0.610. The largest absolute Gasteiger partial charge is 0.372 e. The summed E-state index contributed by atoms with van der Waals surface area (Å²) in [7, 11) is 0. The Kier molecular flexibility index (Phi) is 6.34. The van der Waals surface area contributed by atoms with Gasteiger partial charge >= 0.3 is 0 Å². The van der Waals surface area contributed by atoms with Crippen LogP contribution in [0.4, 0.5) is 0 Å². The van der Waals surface area contributed by atoms with Gasteiger partial charge < -0.3 is 4.74 Å². The fourth-order valence-electron chi connectivity index (χ4n) is 1.73. The molecule has 0 bridgehead atoms. The lowest BCUT2D eigenvalue weighted by atomic mass is 10.00. The van der Waals surface area contributed by atoms with E-state index in [0.29, 0.717) is 13.0 Å². The zero-order chi connectivity index (χ0) is 12.5. The highest BCUT2D eigenvalue weighted by molar-refractivity contribution is 5.20. The minimum atomic E-state index is -0.0629. The van der Waals surface area contributed by atoms with E-state index in [9.17, 15) is 0 Å². The number of nitrogens with one attached hydrogen (secondary N) is 1. The monoisotopic (exact) mass is 232 g/mol. The Balaban J connectivity index is 2.85. The summed E-state index contributed by atoms with van der Waals surface area (Å²) < 4.78 is 5.77. The van der Waals surface area contributed by atoms with Crippen LogP contribution < -0.4 is 11.3 Å². The molecule has 0 saturated heterocycles. The molecule has 2 atom stereocenters. The van der Waals surface area contributed by atoms with Crippen LogP contribution in [-0.4, -0.2) is 12.6 Å². The smallest absolute Gasteiger partial charge is 0.1000 e. The van der Waals surface area contributed by atoms with Crippen molar-refractivity contribution in [3.8, 4) is 11.8 Å². The third kappa shape index (κ3) is 4.20. The number of hydrogen-bond acceptors (Lipinski definition) is 3. The molecule has 17 heavy (non-hydrogen) atoms. The van der Waals surface area contributed by atoms with Crippen molar-refractivity contribution in [1.82, 2.24) is 5.43 Å². The van der Waals surface area contributed by atoms with Crippen LogP contribution in [0.3, 0.4) is 0 Å². The molecule has 0 fully saturated rings. The van der Waals surface area contributed by atoms with Crippen molar-refractivity contribution >= 4 is 0 Å². The van der Waals surface area contributed by atoms with E-state index in [2.05, 4.69) is 17.3 Å². The summed E-state index contributed by atoms with van der Waals surface area (Å²) >= 11 is 0. The number of benzene rings is 1. The first-order valence-electron chi connectivity index (χ1n) is 5.85. The highest BCUT2D eigenvalue weighted by Gasteiger charge is 2.21. The van der Waals surface area contributed by atoms with Gasteiger partial charge in [0.2, 0.25) is 0 Å². The molecule has 3 heteroatoms. The van der Waals surface area contributed by atoms with Gasteiger partial charge in [0.05, 0.1) is 12.1 Å². The Hall–Kier alpha value is -1.34. The third-order valence-corrected chi connectivity index (χ3v) is 2.55. The predicted molar refractivity (Wildman–Crippen MR) is 70.0 cm³/mol. The average Bonchev–Trinajstić information content (AvgIpc) is 2.39. The van der Waals surface area contributed by atoms with Crippen LogP contribution in [0.5, 0.6) is 0 Å². The molecular weight excluding hydrogens is 212 g/mol. The van der Waals surface area contributed by atoms with Gasteiger partial charge in [0.15, 0.2) is 0 Å². The summed E-state index contributed by atoms with van der Waals surface area (Å²) in [4.78, 5) is 0. The highest BCUT2D eigenvalue weighted by atomic mass is 16.5. The van der Waals surface area contributed by atoms with Crippen LogP contribution in [0.2, 0.25) is 0 Å². The Morgan fingerprint density at radius 3 is 2.59 bits per heavy atom. The van der Waals surface area contributed by atoms with Crippen molar-refractivity contribution < 1.29 is 4.74 Å². The maximum absolute atomic E-state index is 5.77. The van der Waals surface area contributed by atoms with Crippen LogP contribution in [0.1, 0.15) is 31.9 Å². The lowest BCUT2D eigenvalue weighted by Gasteiger charge is -2.25. The van der Waals surface area contributed by atoms with Crippen LogP contribution >= 0.6 is 0 Å². The van der Waals surface area contributed by atoms with Gasteiger partial charge in [0, 0.05) is 13.0 Å². The second-order valence-electron chi connectivity index (χ2n) is 3.69. The van der Waals surface area contributed by atoms with Gasteiger partial charge in [-0.3, -0.25) is 11.3 Å². The molecule has 1 aromatic carbocycles. The fourth-order valence-corrected chi connectivity index (χ4v) is 1.73. The predicted octanol–water partition coefficient (Wildman–Crippen LogP) is 2.01. The van der Waals surface area contributed by atoms with E-state index in [1.165, 1.54) is 0 Å². The molecular formula is C14H20N2O. The first-order chi connectivity index (χ1) is 8.33. The zero-order valence-corrected chi connectivity index (χ0v) is 10.4. The van der Waals surface area contributed by atoms with Gasteiger partial charge in [-0.05, 0) is 19.4 Å². The molecule has 0 aromatic heterocycles. The van der Waals surface area contributed by atoms with Gasteiger partial charge in [0.25, 0.3) is 0 Å². The molecule has 0 heterocycles. The molecule has 0 saturated carbocycles. The molecule has 92 valence electrons. The van der Waals surface area contributed by atoms with E-state index in [1.54, 1.807) is 0 Å². The van der Waals surface area contributed by atoms with Gasteiger partial charge in [-0.25, -0.2) is 0 Å². The topological polar surface area (TPSA) is 47.3 Å². The summed E-state index contributed by atoms with van der Waals surface area (Å²) in [6, 6.07) is 10.1. The van der Waals surface area contributed by atoms with Crippen molar-refractivity contribution in [2.75, 3.05) is 6.61 Å². The summed E-state index contributed by atoms with van der Waals surface area (Å²) in [5, 5.41) is 0. The normalized spacial score (nSPS) is 13.6. The molecule has 0 spiro atoms. The first kappa shape index (κ1) is 13.7. The number of hydrogen-bond donors (Lipinski definition) is 2. The second kappa shape index (κ2) is 7.86. The summed E-state index contributed by atoms with van der Waals surface area (Å²) in [5.74, 6) is 11.5. The van der Waals surface area contributed by atoms with Crippen LogP contribution in [0.15, 0.2) is 30.3 Å². The van der Waals surface area contributed by atoms with Crippen molar-refractivity contribution in [3.63, 3.8) is 0 Å². The van der Waals surface area contributed by atoms with Crippen molar-refractivity contribution in [2.45, 2.75) is 32.4 Å². The third-order valence-electron chi connectivity index (χ3n) is 2.55. The van der Waals surface area contributed by atoms with Gasteiger partial charge in [-0.2, -0.15) is 0 Å². The lowest BCUT2D eigenvalue weighted by Crippen LogP contribution is -2.40. The Bertz CT molecular complexity index is 367. The quantitative estimate of drug-likeness (QED) is 0.448. The van der Waals surface area contributed by atoms with Crippen LogP contribution in [-0.2, 0) is 4.74 Å². The van der Waals surface area contributed by atoms with Crippen LogP contribution in [0, 0.1) is 11.8 Å². The molecule has 0 aliphatic rings. The number of rotatable bonds is 6. The first-order valence-corrected chi connectivity index (χ1v) is 5.85. The molecule has 3 nitrogen and oxygen atoms in total.